The third kappa shape index (κ3) is 4.58. The van der Waals surface area contributed by atoms with Gasteiger partial charge in [-0.15, -0.1) is 0 Å². The molecule has 0 aliphatic heterocycles. The molecule has 100 valence electrons. The fourth-order valence-electron chi connectivity index (χ4n) is 1.35. The third-order valence-electron chi connectivity index (χ3n) is 2.37. The standard InChI is InChI=1S/C12H12ClN3O3/c13-8-2-1-7(6-14)10(5-8)16-12(19)9(15)3-4-11(17)18/h1-2,5,9H,3-4,15H2,(H,16,19)(H,17,18). The van der Waals surface area contributed by atoms with Gasteiger partial charge in [0.2, 0.25) is 5.91 Å². The molecular weight excluding hydrogens is 270 g/mol. The third-order valence-corrected chi connectivity index (χ3v) is 2.60. The van der Waals surface area contributed by atoms with Crippen LogP contribution in [0, 0.1) is 11.3 Å². The quantitative estimate of drug-likeness (QED) is 0.753. The molecule has 1 aromatic carbocycles. The Labute approximate surface area is 114 Å². The zero-order chi connectivity index (χ0) is 14.4. The number of nitrogens with one attached hydrogen (secondary N) is 1. The summed E-state index contributed by atoms with van der Waals surface area (Å²) in [6.07, 6.45) is -0.182. The number of hydrogen-bond acceptors (Lipinski definition) is 4. The van der Waals surface area contributed by atoms with Crippen LogP contribution in [0.1, 0.15) is 18.4 Å². The molecule has 0 aliphatic rings. The van der Waals surface area contributed by atoms with Gasteiger partial charge in [-0.3, -0.25) is 9.59 Å². The summed E-state index contributed by atoms with van der Waals surface area (Å²) in [5.41, 5.74) is 6.06. The summed E-state index contributed by atoms with van der Waals surface area (Å²) in [6, 6.07) is 5.39. The van der Waals surface area contributed by atoms with Gasteiger partial charge >= 0.3 is 5.97 Å². The minimum Gasteiger partial charge on any atom is -0.481 e. The molecule has 0 heterocycles. The number of carbonyl (C=O) groups excluding carboxylic acids is 1. The lowest BCUT2D eigenvalue weighted by Crippen LogP contribution is -2.36. The van der Waals surface area contributed by atoms with Crippen LogP contribution in [0.15, 0.2) is 18.2 Å². The summed E-state index contributed by atoms with van der Waals surface area (Å²) in [7, 11) is 0. The molecule has 1 amide bonds. The van der Waals surface area contributed by atoms with Gasteiger partial charge in [0.05, 0.1) is 17.3 Å². The SMILES string of the molecule is N#Cc1ccc(Cl)cc1NC(=O)C(N)CCC(=O)O. The van der Waals surface area contributed by atoms with E-state index in [9.17, 15) is 9.59 Å². The number of carboxylic acids is 1. The molecule has 19 heavy (non-hydrogen) atoms. The van der Waals surface area contributed by atoms with E-state index in [2.05, 4.69) is 5.32 Å². The van der Waals surface area contributed by atoms with E-state index in [1.54, 1.807) is 0 Å². The molecule has 4 N–H and O–H groups in total. The second kappa shape index (κ2) is 6.73. The van der Waals surface area contributed by atoms with Crippen LogP contribution in [0.5, 0.6) is 0 Å². The van der Waals surface area contributed by atoms with Crippen molar-refractivity contribution in [2.24, 2.45) is 5.73 Å². The molecule has 0 aliphatic carbocycles. The number of nitrogens with two attached hydrogens (primary N) is 1. The van der Waals surface area contributed by atoms with Gasteiger partial charge in [0.1, 0.15) is 6.07 Å². The van der Waals surface area contributed by atoms with Crippen LogP contribution in [0.4, 0.5) is 5.69 Å². The Morgan fingerprint density at radius 1 is 1.53 bits per heavy atom. The van der Waals surface area contributed by atoms with E-state index in [1.807, 2.05) is 6.07 Å². The second-order valence-electron chi connectivity index (χ2n) is 3.83. The summed E-state index contributed by atoms with van der Waals surface area (Å²) < 4.78 is 0. The van der Waals surface area contributed by atoms with E-state index in [4.69, 9.17) is 27.7 Å². The van der Waals surface area contributed by atoms with Gasteiger partial charge in [0, 0.05) is 11.4 Å². The highest BCUT2D eigenvalue weighted by atomic mass is 35.5. The van der Waals surface area contributed by atoms with E-state index in [1.165, 1.54) is 18.2 Å². The molecule has 7 heteroatoms. The van der Waals surface area contributed by atoms with E-state index in [0.29, 0.717) is 5.02 Å². The van der Waals surface area contributed by atoms with Gasteiger partial charge in [-0.25, -0.2) is 0 Å². The number of carboxylic acid groups (broad SMARTS) is 1. The maximum absolute atomic E-state index is 11.7. The Hall–Kier alpha value is -2.10. The Morgan fingerprint density at radius 3 is 2.79 bits per heavy atom. The number of nitrogens with zero attached hydrogens (tertiary/aromatic N) is 1. The van der Waals surface area contributed by atoms with E-state index in [-0.39, 0.29) is 24.1 Å². The molecule has 1 rings (SSSR count). The molecule has 1 aromatic rings. The van der Waals surface area contributed by atoms with Crippen LogP contribution in [-0.2, 0) is 9.59 Å². The van der Waals surface area contributed by atoms with Crippen molar-refractivity contribution >= 4 is 29.2 Å². The van der Waals surface area contributed by atoms with Crippen molar-refractivity contribution in [1.29, 1.82) is 5.26 Å². The fourth-order valence-corrected chi connectivity index (χ4v) is 1.52. The first-order chi connectivity index (χ1) is 8.93. The summed E-state index contributed by atoms with van der Waals surface area (Å²) in [6.45, 7) is 0. The molecule has 0 saturated carbocycles. The smallest absolute Gasteiger partial charge is 0.303 e. The summed E-state index contributed by atoms with van der Waals surface area (Å²) in [5.74, 6) is -1.58. The van der Waals surface area contributed by atoms with Crippen molar-refractivity contribution in [3.05, 3.63) is 28.8 Å². The van der Waals surface area contributed by atoms with Gasteiger partial charge in [-0.2, -0.15) is 5.26 Å². The lowest BCUT2D eigenvalue weighted by molar-refractivity contribution is -0.137. The van der Waals surface area contributed by atoms with Crippen LogP contribution in [0.2, 0.25) is 5.02 Å². The molecule has 1 unspecified atom stereocenters. The summed E-state index contributed by atoms with van der Waals surface area (Å²) in [5, 5.41) is 20.2. The maximum Gasteiger partial charge on any atom is 0.303 e. The number of aliphatic carboxylic acids is 1. The van der Waals surface area contributed by atoms with Gasteiger partial charge in [0.25, 0.3) is 0 Å². The predicted molar refractivity (Wildman–Crippen MR) is 69.6 cm³/mol. The normalized spacial score (nSPS) is 11.4. The van der Waals surface area contributed by atoms with Crippen molar-refractivity contribution in [3.63, 3.8) is 0 Å². The lowest BCUT2D eigenvalue weighted by Gasteiger charge is -2.12. The minimum absolute atomic E-state index is 0.0175. The highest BCUT2D eigenvalue weighted by Gasteiger charge is 2.16. The highest BCUT2D eigenvalue weighted by molar-refractivity contribution is 6.31. The van der Waals surface area contributed by atoms with Crippen molar-refractivity contribution in [1.82, 2.24) is 0 Å². The molecule has 6 nitrogen and oxygen atoms in total. The summed E-state index contributed by atoms with van der Waals surface area (Å²) >= 11 is 5.77. The Bertz CT molecular complexity index is 540. The molecule has 1 atom stereocenters. The minimum atomic E-state index is -1.02. The lowest BCUT2D eigenvalue weighted by atomic mass is 10.1. The average molecular weight is 282 g/mol. The molecule has 0 aromatic heterocycles. The zero-order valence-electron chi connectivity index (χ0n) is 9.89. The van der Waals surface area contributed by atoms with Crippen molar-refractivity contribution < 1.29 is 14.7 Å². The topological polar surface area (TPSA) is 116 Å². The van der Waals surface area contributed by atoms with Crippen LogP contribution >= 0.6 is 11.6 Å². The highest BCUT2D eigenvalue weighted by Crippen LogP contribution is 2.20. The number of rotatable bonds is 5. The second-order valence-corrected chi connectivity index (χ2v) is 4.27. The van der Waals surface area contributed by atoms with Crippen LogP contribution in [-0.4, -0.2) is 23.0 Å². The number of halogens is 1. The van der Waals surface area contributed by atoms with E-state index < -0.39 is 17.9 Å². The number of anilines is 1. The van der Waals surface area contributed by atoms with Crippen molar-refractivity contribution in [2.45, 2.75) is 18.9 Å². The average Bonchev–Trinajstić information content (AvgIpc) is 2.36. The van der Waals surface area contributed by atoms with Crippen molar-refractivity contribution in [3.8, 4) is 6.07 Å². The maximum atomic E-state index is 11.7. The van der Waals surface area contributed by atoms with Crippen LogP contribution < -0.4 is 11.1 Å². The van der Waals surface area contributed by atoms with Crippen LogP contribution in [0.3, 0.4) is 0 Å². The number of benzene rings is 1. The van der Waals surface area contributed by atoms with E-state index in [0.717, 1.165) is 0 Å². The monoisotopic (exact) mass is 281 g/mol. The molecule has 0 fully saturated rings. The Morgan fingerprint density at radius 2 is 2.21 bits per heavy atom. The van der Waals surface area contributed by atoms with E-state index >= 15 is 0 Å². The number of carbonyl (C=O) groups is 2. The Kier molecular flexibility index (Phi) is 5.30. The molecule has 0 bridgehead atoms. The number of hydrogen-bond donors (Lipinski definition) is 3. The van der Waals surface area contributed by atoms with Gasteiger partial charge in [0.15, 0.2) is 0 Å². The van der Waals surface area contributed by atoms with Gasteiger partial charge < -0.3 is 16.2 Å². The molecule has 0 radical (unpaired) electrons. The number of amides is 1. The molecule has 0 saturated heterocycles. The van der Waals surface area contributed by atoms with Gasteiger partial charge in [-0.1, -0.05) is 11.6 Å². The fraction of sp³-hybridized carbons (Fsp3) is 0.250. The molecular formula is C12H12ClN3O3. The van der Waals surface area contributed by atoms with Crippen molar-refractivity contribution in [2.75, 3.05) is 5.32 Å². The predicted octanol–water partition coefficient (Wildman–Crippen LogP) is 1.34. The number of nitriles is 1. The first-order valence-corrected chi connectivity index (χ1v) is 5.79. The first-order valence-electron chi connectivity index (χ1n) is 5.42. The first kappa shape index (κ1) is 15.0. The van der Waals surface area contributed by atoms with Crippen LogP contribution in [0.25, 0.3) is 0 Å². The zero-order valence-corrected chi connectivity index (χ0v) is 10.6. The largest absolute Gasteiger partial charge is 0.481 e. The summed E-state index contributed by atoms with van der Waals surface area (Å²) in [4.78, 5) is 22.1. The Balaban J connectivity index is 2.74. The van der Waals surface area contributed by atoms with Gasteiger partial charge in [-0.05, 0) is 24.6 Å². The molecule has 0 spiro atoms.